The van der Waals surface area contributed by atoms with Crippen molar-refractivity contribution in [1.82, 2.24) is 4.98 Å². The minimum atomic E-state index is -1.06. The fourth-order valence-corrected chi connectivity index (χ4v) is 2.14. The van der Waals surface area contributed by atoms with Crippen LogP contribution in [-0.2, 0) is 0 Å². The van der Waals surface area contributed by atoms with Crippen LogP contribution in [-0.4, -0.2) is 16.1 Å². The molecule has 3 rings (SSSR count). The van der Waals surface area contributed by atoms with Crippen molar-refractivity contribution in [2.75, 3.05) is 0 Å². The molecular formula is C17H13NO3. The van der Waals surface area contributed by atoms with Gasteiger partial charge in [-0.15, -0.1) is 0 Å². The number of carboxylic acid groups (broad SMARTS) is 1. The topological polar surface area (TPSA) is 59.4 Å². The van der Waals surface area contributed by atoms with E-state index in [0.717, 1.165) is 10.8 Å². The zero-order valence-electron chi connectivity index (χ0n) is 11.4. The van der Waals surface area contributed by atoms with E-state index in [-0.39, 0.29) is 5.56 Å². The summed E-state index contributed by atoms with van der Waals surface area (Å²) in [4.78, 5) is 15.2. The Bertz CT molecular complexity index is 827. The first-order valence-corrected chi connectivity index (χ1v) is 6.50. The molecule has 4 nitrogen and oxygen atoms in total. The van der Waals surface area contributed by atoms with Crippen LogP contribution in [0, 0.1) is 6.92 Å². The normalized spacial score (nSPS) is 10.5. The Labute approximate surface area is 121 Å². The molecule has 1 heterocycles. The molecule has 0 aliphatic rings. The number of hydrogen-bond acceptors (Lipinski definition) is 3. The number of rotatable bonds is 3. The Kier molecular flexibility index (Phi) is 3.28. The van der Waals surface area contributed by atoms with Crippen LogP contribution in [0.3, 0.4) is 0 Å². The van der Waals surface area contributed by atoms with E-state index in [2.05, 4.69) is 4.98 Å². The summed E-state index contributed by atoms with van der Waals surface area (Å²) in [5, 5.41) is 11.3. The fourth-order valence-electron chi connectivity index (χ4n) is 2.14. The van der Waals surface area contributed by atoms with Gasteiger partial charge in [-0.3, -0.25) is 4.98 Å². The van der Waals surface area contributed by atoms with Gasteiger partial charge in [-0.1, -0.05) is 30.3 Å². The van der Waals surface area contributed by atoms with Gasteiger partial charge in [0, 0.05) is 18.0 Å². The maximum Gasteiger partial charge on any atom is 0.341 e. The van der Waals surface area contributed by atoms with Gasteiger partial charge in [-0.05, 0) is 29.8 Å². The van der Waals surface area contributed by atoms with Gasteiger partial charge in [0.15, 0.2) is 0 Å². The number of ether oxygens (including phenoxy) is 1. The molecular weight excluding hydrogens is 266 g/mol. The van der Waals surface area contributed by atoms with Gasteiger partial charge < -0.3 is 9.84 Å². The lowest BCUT2D eigenvalue weighted by atomic mass is 10.1. The largest absolute Gasteiger partial charge is 0.477 e. The first kappa shape index (κ1) is 13.1. The van der Waals surface area contributed by atoms with Crippen molar-refractivity contribution in [3.05, 3.63) is 66.0 Å². The van der Waals surface area contributed by atoms with Crippen LogP contribution < -0.4 is 4.74 Å². The molecule has 0 aliphatic heterocycles. The third-order valence-corrected chi connectivity index (χ3v) is 3.18. The van der Waals surface area contributed by atoms with Crippen LogP contribution in [0.5, 0.6) is 11.5 Å². The van der Waals surface area contributed by atoms with Gasteiger partial charge in [0.25, 0.3) is 0 Å². The van der Waals surface area contributed by atoms with Crippen molar-refractivity contribution in [2.45, 2.75) is 6.92 Å². The van der Waals surface area contributed by atoms with Crippen LogP contribution in [0.1, 0.15) is 16.1 Å². The molecule has 1 aromatic heterocycles. The first-order valence-electron chi connectivity index (χ1n) is 6.50. The molecule has 21 heavy (non-hydrogen) atoms. The first-order chi connectivity index (χ1) is 10.1. The summed E-state index contributed by atoms with van der Waals surface area (Å²) in [6.45, 7) is 1.79. The Hall–Kier alpha value is -2.88. The highest BCUT2D eigenvalue weighted by atomic mass is 16.5. The van der Waals surface area contributed by atoms with Gasteiger partial charge in [0.1, 0.15) is 17.1 Å². The molecule has 0 amide bonds. The van der Waals surface area contributed by atoms with Crippen LogP contribution >= 0.6 is 0 Å². The number of benzene rings is 2. The molecule has 0 aliphatic carbocycles. The molecule has 0 spiro atoms. The third-order valence-electron chi connectivity index (χ3n) is 3.18. The summed E-state index contributed by atoms with van der Waals surface area (Å²) in [5.41, 5.74) is 0.754. The molecule has 104 valence electrons. The monoisotopic (exact) mass is 279 g/mol. The van der Waals surface area contributed by atoms with Gasteiger partial charge in [-0.2, -0.15) is 0 Å². The minimum Gasteiger partial charge on any atom is -0.477 e. The second-order valence-corrected chi connectivity index (χ2v) is 4.74. The van der Waals surface area contributed by atoms with Crippen molar-refractivity contribution in [3.63, 3.8) is 0 Å². The number of aromatic carboxylic acids is 1. The lowest BCUT2D eigenvalue weighted by Crippen LogP contribution is -2.01. The Morgan fingerprint density at radius 1 is 1.10 bits per heavy atom. The predicted octanol–water partition coefficient (Wildman–Crippen LogP) is 4.03. The standard InChI is InChI=1S/C17H13NO3/c1-11-8-16(15(10-18-11)17(19)20)21-14-7-6-12-4-2-3-5-13(12)9-14/h2-10H,1H3,(H,19,20). The summed E-state index contributed by atoms with van der Waals surface area (Å²) >= 11 is 0. The number of carboxylic acids is 1. The van der Waals surface area contributed by atoms with Crippen molar-refractivity contribution < 1.29 is 14.6 Å². The number of carbonyl (C=O) groups is 1. The van der Waals surface area contributed by atoms with E-state index in [1.165, 1.54) is 6.20 Å². The summed E-state index contributed by atoms with van der Waals surface area (Å²) in [6.07, 6.45) is 1.31. The lowest BCUT2D eigenvalue weighted by Gasteiger charge is -2.10. The van der Waals surface area contributed by atoms with Crippen molar-refractivity contribution >= 4 is 16.7 Å². The maximum atomic E-state index is 11.2. The molecule has 0 bridgehead atoms. The molecule has 0 radical (unpaired) electrons. The van der Waals surface area contributed by atoms with E-state index in [4.69, 9.17) is 4.74 Å². The molecule has 0 fully saturated rings. The van der Waals surface area contributed by atoms with E-state index < -0.39 is 5.97 Å². The summed E-state index contributed by atoms with van der Waals surface area (Å²) < 4.78 is 5.74. The molecule has 0 unspecified atom stereocenters. The van der Waals surface area contributed by atoms with Crippen molar-refractivity contribution in [2.24, 2.45) is 0 Å². The lowest BCUT2D eigenvalue weighted by molar-refractivity contribution is 0.0693. The average molecular weight is 279 g/mol. The van der Waals surface area contributed by atoms with E-state index in [1.807, 2.05) is 42.5 Å². The van der Waals surface area contributed by atoms with Crippen LogP contribution in [0.15, 0.2) is 54.7 Å². The fraction of sp³-hybridized carbons (Fsp3) is 0.0588. The molecule has 1 N–H and O–H groups in total. The highest BCUT2D eigenvalue weighted by molar-refractivity contribution is 5.90. The van der Waals surface area contributed by atoms with E-state index >= 15 is 0 Å². The highest BCUT2D eigenvalue weighted by Crippen LogP contribution is 2.28. The summed E-state index contributed by atoms with van der Waals surface area (Å²) in [7, 11) is 0. The Morgan fingerprint density at radius 3 is 2.62 bits per heavy atom. The molecule has 2 aromatic carbocycles. The molecule has 4 heteroatoms. The third kappa shape index (κ3) is 2.69. The van der Waals surface area contributed by atoms with Gasteiger partial charge in [-0.25, -0.2) is 4.79 Å². The average Bonchev–Trinajstić information content (AvgIpc) is 2.47. The summed E-state index contributed by atoms with van der Waals surface area (Å²) in [5.74, 6) is -0.162. The quantitative estimate of drug-likeness (QED) is 0.786. The minimum absolute atomic E-state index is 0.0498. The predicted molar refractivity (Wildman–Crippen MR) is 80.0 cm³/mol. The van der Waals surface area contributed by atoms with E-state index in [9.17, 15) is 9.90 Å². The maximum absolute atomic E-state index is 11.2. The molecule has 0 saturated heterocycles. The van der Waals surface area contributed by atoms with Crippen molar-refractivity contribution in [1.29, 1.82) is 0 Å². The van der Waals surface area contributed by atoms with Gasteiger partial charge >= 0.3 is 5.97 Å². The Morgan fingerprint density at radius 2 is 1.86 bits per heavy atom. The SMILES string of the molecule is Cc1cc(Oc2ccc3ccccc3c2)c(C(=O)O)cn1. The molecule has 3 aromatic rings. The van der Waals surface area contributed by atoms with Crippen LogP contribution in [0.4, 0.5) is 0 Å². The highest BCUT2D eigenvalue weighted by Gasteiger charge is 2.13. The number of fused-ring (bicyclic) bond motifs is 1. The second-order valence-electron chi connectivity index (χ2n) is 4.74. The zero-order chi connectivity index (χ0) is 14.8. The van der Waals surface area contributed by atoms with E-state index in [0.29, 0.717) is 17.2 Å². The van der Waals surface area contributed by atoms with Gasteiger partial charge in [0.2, 0.25) is 0 Å². The zero-order valence-corrected chi connectivity index (χ0v) is 11.4. The van der Waals surface area contributed by atoms with E-state index in [1.54, 1.807) is 13.0 Å². The Balaban J connectivity index is 2.02. The van der Waals surface area contributed by atoms with Crippen molar-refractivity contribution in [3.8, 4) is 11.5 Å². The summed E-state index contributed by atoms with van der Waals surface area (Å²) in [6, 6.07) is 15.2. The van der Waals surface area contributed by atoms with Crippen LogP contribution in [0.2, 0.25) is 0 Å². The smallest absolute Gasteiger partial charge is 0.341 e. The number of aromatic nitrogens is 1. The molecule has 0 saturated carbocycles. The van der Waals surface area contributed by atoms with Gasteiger partial charge in [0.05, 0.1) is 0 Å². The molecule has 0 atom stereocenters. The number of hydrogen-bond donors (Lipinski definition) is 1. The second kappa shape index (κ2) is 5.25. The number of aryl methyl sites for hydroxylation is 1. The number of pyridine rings is 1. The van der Waals surface area contributed by atoms with Crippen LogP contribution in [0.25, 0.3) is 10.8 Å². The number of nitrogens with zero attached hydrogens (tertiary/aromatic N) is 1.